The summed E-state index contributed by atoms with van der Waals surface area (Å²) in [4.78, 5) is 26.8. The van der Waals surface area contributed by atoms with Gasteiger partial charge in [0.05, 0.1) is 29.5 Å². The minimum atomic E-state index is -4.65. The molecule has 2 aromatic carbocycles. The van der Waals surface area contributed by atoms with E-state index in [0.29, 0.717) is 5.69 Å². The number of para-hydroxylation sites is 1. The summed E-state index contributed by atoms with van der Waals surface area (Å²) in [6, 6.07) is 11.4. The second kappa shape index (κ2) is 7.98. The normalized spacial score (nSPS) is 17.2. The molecular formula is C21H19F3N2O3. The summed E-state index contributed by atoms with van der Waals surface area (Å²) in [7, 11) is 0. The van der Waals surface area contributed by atoms with Crippen molar-refractivity contribution in [2.24, 2.45) is 0 Å². The van der Waals surface area contributed by atoms with Crippen molar-refractivity contribution in [1.82, 2.24) is 5.32 Å². The van der Waals surface area contributed by atoms with Crippen LogP contribution in [0.15, 0.2) is 65.9 Å². The molecule has 0 aliphatic carbocycles. The van der Waals surface area contributed by atoms with Crippen LogP contribution >= 0.6 is 0 Å². The Morgan fingerprint density at radius 2 is 1.72 bits per heavy atom. The number of halogens is 3. The number of anilines is 1. The third-order valence-corrected chi connectivity index (χ3v) is 4.57. The zero-order valence-electron chi connectivity index (χ0n) is 15.8. The van der Waals surface area contributed by atoms with Gasteiger partial charge in [0.1, 0.15) is 0 Å². The molecule has 1 heterocycles. The maximum absolute atomic E-state index is 13.6. The van der Waals surface area contributed by atoms with Crippen LogP contribution in [-0.4, -0.2) is 18.6 Å². The summed E-state index contributed by atoms with van der Waals surface area (Å²) in [5.41, 5.74) is -0.504. The number of amides is 2. The fraction of sp³-hybridized carbons (Fsp3) is 0.238. The third-order valence-electron chi connectivity index (χ3n) is 4.57. The maximum atomic E-state index is 13.6. The number of nitrogens with one attached hydrogen (secondary N) is 1. The monoisotopic (exact) mass is 404 g/mol. The van der Waals surface area contributed by atoms with E-state index in [9.17, 15) is 22.8 Å². The largest absolute Gasteiger partial charge is 0.463 e. The van der Waals surface area contributed by atoms with Gasteiger partial charge < -0.3 is 10.1 Å². The van der Waals surface area contributed by atoms with Crippen LogP contribution in [0, 0.1) is 0 Å². The number of allylic oxidation sites excluding steroid dienone is 1. The standard InChI is InChI=1S/C21H19F3N2O3/c1-3-29-19(27)17-13(2)26(14-9-5-4-6-10-14)20(28)25-18(17)15-11-7-8-12-16(15)21(22,23)24/h4-12,18H,3H2,1-2H3,(H,25,28)/t18-/m1/s1. The van der Waals surface area contributed by atoms with Gasteiger partial charge in [0.2, 0.25) is 0 Å². The van der Waals surface area contributed by atoms with Crippen LogP contribution < -0.4 is 10.2 Å². The lowest BCUT2D eigenvalue weighted by Gasteiger charge is -2.36. The zero-order chi connectivity index (χ0) is 21.2. The number of benzene rings is 2. The molecule has 29 heavy (non-hydrogen) atoms. The Hall–Kier alpha value is -3.29. The first kappa shape index (κ1) is 20.4. The van der Waals surface area contributed by atoms with Crippen molar-refractivity contribution in [3.8, 4) is 0 Å². The molecule has 1 aliphatic heterocycles. The lowest BCUT2D eigenvalue weighted by molar-refractivity contribution is -0.141. The van der Waals surface area contributed by atoms with Gasteiger partial charge in [-0.25, -0.2) is 9.59 Å². The van der Waals surface area contributed by atoms with Gasteiger partial charge in [0.15, 0.2) is 0 Å². The number of carbonyl (C=O) groups excluding carboxylic acids is 2. The second-order valence-corrected chi connectivity index (χ2v) is 6.36. The topological polar surface area (TPSA) is 58.6 Å². The van der Waals surface area contributed by atoms with Gasteiger partial charge in [0, 0.05) is 5.70 Å². The highest BCUT2D eigenvalue weighted by Crippen LogP contribution is 2.40. The Morgan fingerprint density at radius 3 is 2.34 bits per heavy atom. The molecule has 5 nitrogen and oxygen atoms in total. The summed E-state index contributed by atoms with van der Waals surface area (Å²) < 4.78 is 45.8. The highest BCUT2D eigenvalue weighted by molar-refractivity contribution is 6.03. The quantitative estimate of drug-likeness (QED) is 0.744. The molecule has 8 heteroatoms. The molecule has 0 unspecified atom stereocenters. The summed E-state index contributed by atoms with van der Waals surface area (Å²) >= 11 is 0. The van der Waals surface area contributed by atoms with Crippen LogP contribution in [0.3, 0.4) is 0 Å². The number of esters is 1. The van der Waals surface area contributed by atoms with E-state index in [1.807, 2.05) is 0 Å². The van der Waals surface area contributed by atoms with E-state index in [-0.39, 0.29) is 23.4 Å². The van der Waals surface area contributed by atoms with E-state index in [1.54, 1.807) is 37.3 Å². The van der Waals surface area contributed by atoms with Crippen LogP contribution in [0.2, 0.25) is 0 Å². The summed E-state index contributed by atoms with van der Waals surface area (Å²) in [5.74, 6) is -0.784. The van der Waals surface area contributed by atoms with E-state index >= 15 is 0 Å². The zero-order valence-corrected chi connectivity index (χ0v) is 15.8. The molecule has 1 atom stereocenters. The van der Waals surface area contributed by atoms with Crippen LogP contribution in [0.5, 0.6) is 0 Å². The maximum Gasteiger partial charge on any atom is 0.416 e. The van der Waals surface area contributed by atoms with E-state index < -0.39 is 29.8 Å². The first-order valence-corrected chi connectivity index (χ1v) is 8.95. The lowest BCUT2D eigenvalue weighted by Crippen LogP contribution is -2.48. The molecule has 3 rings (SSSR count). The van der Waals surface area contributed by atoms with Gasteiger partial charge in [-0.2, -0.15) is 13.2 Å². The summed E-state index contributed by atoms with van der Waals surface area (Å²) in [5, 5.41) is 2.54. The molecule has 2 amide bonds. The van der Waals surface area contributed by atoms with E-state index in [2.05, 4.69) is 5.32 Å². The van der Waals surface area contributed by atoms with E-state index in [0.717, 1.165) is 6.07 Å². The lowest BCUT2D eigenvalue weighted by atomic mass is 9.91. The molecule has 0 radical (unpaired) electrons. The summed E-state index contributed by atoms with van der Waals surface area (Å²) in [6.45, 7) is 3.16. The van der Waals surface area contributed by atoms with Gasteiger partial charge in [-0.3, -0.25) is 4.90 Å². The molecule has 0 aromatic heterocycles. The number of alkyl halides is 3. The minimum Gasteiger partial charge on any atom is -0.463 e. The highest BCUT2D eigenvalue weighted by atomic mass is 19.4. The van der Waals surface area contributed by atoms with Crippen molar-refractivity contribution >= 4 is 17.7 Å². The van der Waals surface area contributed by atoms with Gasteiger partial charge in [-0.15, -0.1) is 0 Å². The fourth-order valence-electron chi connectivity index (χ4n) is 3.34. The van der Waals surface area contributed by atoms with Gasteiger partial charge >= 0.3 is 18.2 Å². The molecule has 1 N–H and O–H groups in total. The van der Waals surface area contributed by atoms with Crippen molar-refractivity contribution in [2.45, 2.75) is 26.1 Å². The molecule has 0 saturated carbocycles. The molecule has 1 aliphatic rings. The van der Waals surface area contributed by atoms with Gasteiger partial charge in [-0.05, 0) is 37.6 Å². The number of rotatable bonds is 4. The number of urea groups is 1. The van der Waals surface area contributed by atoms with Crippen LogP contribution in [0.1, 0.15) is 31.0 Å². The molecule has 0 bridgehead atoms. The van der Waals surface area contributed by atoms with Crippen molar-refractivity contribution in [3.05, 3.63) is 77.0 Å². The average Bonchev–Trinajstić information content (AvgIpc) is 2.68. The number of ether oxygens (including phenoxy) is 1. The second-order valence-electron chi connectivity index (χ2n) is 6.36. The van der Waals surface area contributed by atoms with Crippen molar-refractivity contribution < 1.29 is 27.5 Å². The molecule has 2 aromatic rings. The molecule has 0 saturated heterocycles. The Balaban J connectivity index is 2.20. The number of nitrogens with zero attached hydrogens (tertiary/aromatic N) is 1. The Kier molecular flexibility index (Phi) is 5.63. The predicted molar refractivity (Wildman–Crippen MR) is 101 cm³/mol. The first-order valence-electron chi connectivity index (χ1n) is 8.95. The van der Waals surface area contributed by atoms with Crippen LogP contribution in [0.25, 0.3) is 0 Å². The SMILES string of the molecule is CCOC(=O)C1=C(C)N(c2ccccc2)C(=O)N[C@@H]1c1ccccc1C(F)(F)F. The number of hydrogen-bond donors (Lipinski definition) is 1. The van der Waals surface area contributed by atoms with E-state index in [1.165, 1.54) is 30.0 Å². The van der Waals surface area contributed by atoms with Crippen molar-refractivity contribution in [3.63, 3.8) is 0 Å². The Bertz CT molecular complexity index is 955. The van der Waals surface area contributed by atoms with Crippen molar-refractivity contribution in [2.75, 3.05) is 11.5 Å². The summed E-state index contributed by atoms with van der Waals surface area (Å²) in [6.07, 6.45) is -4.65. The number of carbonyl (C=O) groups is 2. The molecule has 152 valence electrons. The Labute approximate surface area is 165 Å². The number of hydrogen-bond acceptors (Lipinski definition) is 3. The van der Waals surface area contributed by atoms with Crippen LogP contribution in [-0.2, 0) is 15.7 Å². The average molecular weight is 404 g/mol. The van der Waals surface area contributed by atoms with Gasteiger partial charge in [-0.1, -0.05) is 36.4 Å². The van der Waals surface area contributed by atoms with Crippen molar-refractivity contribution in [1.29, 1.82) is 0 Å². The van der Waals surface area contributed by atoms with Gasteiger partial charge in [0.25, 0.3) is 0 Å². The smallest absolute Gasteiger partial charge is 0.416 e. The van der Waals surface area contributed by atoms with E-state index in [4.69, 9.17) is 4.74 Å². The highest BCUT2D eigenvalue weighted by Gasteiger charge is 2.42. The first-order chi connectivity index (χ1) is 13.8. The predicted octanol–water partition coefficient (Wildman–Crippen LogP) is 4.81. The molecule has 0 spiro atoms. The fourth-order valence-corrected chi connectivity index (χ4v) is 3.34. The molecule has 0 fully saturated rings. The Morgan fingerprint density at radius 1 is 1.10 bits per heavy atom. The molecular weight excluding hydrogens is 385 g/mol. The minimum absolute atomic E-state index is 0.0442. The third kappa shape index (κ3) is 3.96. The van der Waals surface area contributed by atoms with Crippen LogP contribution in [0.4, 0.5) is 23.7 Å².